The highest BCUT2D eigenvalue weighted by molar-refractivity contribution is 6.36. The Morgan fingerprint density at radius 1 is 1.26 bits per heavy atom. The van der Waals surface area contributed by atoms with E-state index >= 15 is 0 Å². The Morgan fingerprint density at radius 2 is 2.00 bits per heavy atom. The van der Waals surface area contributed by atoms with Crippen LogP contribution in [0.15, 0.2) is 39.7 Å². The highest BCUT2D eigenvalue weighted by atomic mass is 35.5. The lowest BCUT2D eigenvalue weighted by atomic mass is 10.2. The molecule has 5 nitrogen and oxygen atoms in total. The van der Waals surface area contributed by atoms with Crippen LogP contribution in [0, 0.1) is 0 Å². The number of carbonyl (C=O) groups excluding carboxylic acids is 1. The number of rotatable bonds is 2. The molecule has 0 radical (unpaired) electrons. The van der Waals surface area contributed by atoms with Crippen molar-refractivity contribution < 1.29 is 14.3 Å². The lowest BCUT2D eigenvalue weighted by molar-refractivity contribution is 0.102. The van der Waals surface area contributed by atoms with Crippen molar-refractivity contribution in [3.05, 3.63) is 56.6 Å². The van der Waals surface area contributed by atoms with Gasteiger partial charge < -0.3 is 14.8 Å². The van der Waals surface area contributed by atoms with Crippen molar-refractivity contribution in [3.63, 3.8) is 0 Å². The van der Waals surface area contributed by atoms with Crippen LogP contribution in [0.3, 0.4) is 0 Å². The van der Waals surface area contributed by atoms with Gasteiger partial charge in [-0.15, -0.1) is 0 Å². The number of phenols is 1. The van der Waals surface area contributed by atoms with Crippen LogP contribution in [0.25, 0.3) is 0 Å². The summed E-state index contributed by atoms with van der Waals surface area (Å²) in [4.78, 5) is 22.6. The summed E-state index contributed by atoms with van der Waals surface area (Å²) >= 11 is 11.5. The van der Waals surface area contributed by atoms with E-state index in [2.05, 4.69) is 9.73 Å². The van der Waals surface area contributed by atoms with Crippen LogP contribution >= 0.6 is 23.2 Å². The molecule has 98 valence electrons. The van der Waals surface area contributed by atoms with Gasteiger partial charge in [0.1, 0.15) is 6.26 Å². The zero-order valence-corrected chi connectivity index (χ0v) is 10.8. The Balaban J connectivity index is 2.29. The maximum absolute atomic E-state index is 11.8. The molecular weight excluding hydrogens is 293 g/mol. The zero-order chi connectivity index (χ0) is 14.0. The minimum Gasteiger partial charge on any atom is -0.504 e. The molecule has 0 aliphatic carbocycles. The van der Waals surface area contributed by atoms with Gasteiger partial charge in [0.15, 0.2) is 5.75 Å². The third-order valence-corrected chi connectivity index (χ3v) is 2.75. The third-order valence-electron chi connectivity index (χ3n) is 2.24. The molecule has 0 saturated heterocycles. The van der Waals surface area contributed by atoms with E-state index in [0.29, 0.717) is 0 Å². The first-order valence-corrected chi connectivity index (χ1v) is 5.81. The molecule has 0 spiro atoms. The molecule has 1 aromatic carbocycles. The van der Waals surface area contributed by atoms with E-state index in [9.17, 15) is 14.7 Å². The third kappa shape index (κ3) is 3.07. The van der Waals surface area contributed by atoms with Crippen molar-refractivity contribution in [2.75, 3.05) is 5.32 Å². The lowest BCUT2D eigenvalue weighted by Crippen LogP contribution is -2.13. The minimum atomic E-state index is -0.572. The standard InChI is InChI=1S/C12H7Cl2NO4/c13-7-3-8(14)11(17)9(4-7)15-12(18)6-1-2-10(16)19-5-6/h1-5,17H,(H,15,18). The topological polar surface area (TPSA) is 79.5 Å². The molecule has 0 bridgehead atoms. The number of benzene rings is 1. The van der Waals surface area contributed by atoms with Gasteiger partial charge in [-0.05, 0) is 18.2 Å². The monoisotopic (exact) mass is 299 g/mol. The second-order valence-electron chi connectivity index (χ2n) is 3.58. The van der Waals surface area contributed by atoms with Gasteiger partial charge in [-0.2, -0.15) is 0 Å². The Morgan fingerprint density at radius 3 is 2.63 bits per heavy atom. The highest BCUT2D eigenvalue weighted by Crippen LogP contribution is 2.35. The molecule has 2 N–H and O–H groups in total. The van der Waals surface area contributed by atoms with Gasteiger partial charge in [0, 0.05) is 11.1 Å². The van der Waals surface area contributed by atoms with Crippen LogP contribution in [0.4, 0.5) is 5.69 Å². The first-order valence-electron chi connectivity index (χ1n) is 5.05. The molecule has 0 unspecified atom stereocenters. The number of nitrogens with one attached hydrogen (secondary N) is 1. The van der Waals surface area contributed by atoms with E-state index in [0.717, 1.165) is 12.3 Å². The van der Waals surface area contributed by atoms with Crippen molar-refractivity contribution in [2.45, 2.75) is 0 Å². The Bertz CT molecular complexity index is 676. The maximum Gasteiger partial charge on any atom is 0.335 e. The smallest absolute Gasteiger partial charge is 0.335 e. The molecule has 7 heteroatoms. The number of amides is 1. The number of aromatic hydroxyl groups is 1. The Kier molecular flexibility index (Phi) is 3.78. The van der Waals surface area contributed by atoms with Crippen LogP contribution in [-0.2, 0) is 0 Å². The molecule has 1 amide bonds. The van der Waals surface area contributed by atoms with Crippen LogP contribution < -0.4 is 10.9 Å². The second kappa shape index (κ2) is 5.34. The van der Waals surface area contributed by atoms with Gasteiger partial charge in [-0.3, -0.25) is 4.79 Å². The summed E-state index contributed by atoms with van der Waals surface area (Å²) in [6.07, 6.45) is 1.01. The molecule has 2 rings (SSSR count). The molecule has 1 aromatic heterocycles. The summed E-state index contributed by atoms with van der Waals surface area (Å²) in [5.74, 6) is -0.866. The predicted octanol–water partition coefficient (Wildman–Crippen LogP) is 2.90. The quantitative estimate of drug-likeness (QED) is 0.836. The number of hydrogen-bond acceptors (Lipinski definition) is 4. The summed E-state index contributed by atoms with van der Waals surface area (Å²) in [5.41, 5.74) is -0.381. The molecule has 0 aliphatic rings. The maximum atomic E-state index is 11.8. The second-order valence-corrected chi connectivity index (χ2v) is 4.42. The fraction of sp³-hybridized carbons (Fsp3) is 0. The van der Waals surface area contributed by atoms with E-state index in [1.807, 2.05) is 0 Å². The van der Waals surface area contributed by atoms with E-state index in [1.165, 1.54) is 18.2 Å². The summed E-state index contributed by atoms with van der Waals surface area (Å²) in [5, 5.41) is 12.4. The molecule has 0 fully saturated rings. The molecule has 0 saturated carbocycles. The average Bonchev–Trinajstić information content (AvgIpc) is 2.36. The number of hydrogen-bond donors (Lipinski definition) is 2. The van der Waals surface area contributed by atoms with Gasteiger partial charge in [-0.1, -0.05) is 23.2 Å². The van der Waals surface area contributed by atoms with Crippen LogP contribution in [0.1, 0.15) is 10.4 Å². The summed E-state index contributed by atoms with van der Waals surface area (Å²) < 4.78 is 4.56. The van der Waals surface area contributed by atoms with Crippen molar-refractivity contribution in [3.8, 4) is 5.75 Å². The predicted molar refractivity (Wildman–Crippen MR) is 71.1 cm³/mol. The zero-order valence-electron chi connectivity index (χ0n) is 9.31. The Labute approximate surface area is 117 Å². The first-order chi connectivity index (χ1) is 8.97. The molecule has 0 aliphatic heterocycles. The van der Waals surface area contributed by atoms with Crippen molar-refractivity contribution in [1.29, 1.82) is 0 Å². The Hall–Kier alpha value is -1.98. The molecule has 1 heterocycles. The molecule has 0 atom stereocenters. The van der Waals surface area contributed by atoms with Crippen LogP contribution in [0.5, 0.6) is 5.75 Å². The van der Waals surface area contributed by atoms with Crippen molar-refractivity contribution >= 4 is 34.8 Å². The van der Waals surface area contributed by atoms with Crippen molar-refractivity contribution in [2.24, 2.45) is 0 Å². The minimum absolute atomic E-state index is 0.0161. The van der Waals surface area contributed by atoms with Gasteiger partial charge in [0.25, 0.3) is 5.91 Å². The summed E-state index contributed by atoms with van der Waals surface area (Å²) in [7, 11) is 0. The van der Waals surface area contributed by atoms with E-state index in [4.69, 9.17) is 23.2 Å². The fourth-order valence-electron chi connectivity index (χ4n) is 1.34. The average molecular weight is 300 g/mol. The summed E-state index contributed by atoms with van der Waals surface area (Å²) in [6.45, 7) is 0. The molecular formula is C12H7Cl2NO4. The van der Waals surface area contributed by atoms with Gasteiger partial charge in [0.2, 0.25) is 0 Å². The van der Waals surface area contributed by atoms with Crippen LogP contribution in [0.2, 0.25) is 10.0 Å². The largest absolute Gasteiger partial charge is 0.504 e. The summed E-state index contributed by atoms with van der Waals surface area (Å²) in [6, 6.07) is 5.10. The van der Waals surface area contributed by atoms with Crippen molar-refractivity contribution in [1.82, 2.24) is 0 Å². The fourth-order valence-corrected chi connectivity index (χ4v) is 1.84. The first kappa shape index (κ1) is 13.5. The number of carbonyl (C=O) groups is 1. The normalized spacial score (nSPS) is 10.2. The number of anilines is 1. The number of phenolic OH excluding ortho intramolecular Hbond substituents is 1. The lowest BCUT2D eigenvalue weighted by Gasteiger charge is -2.08. The van der Waals surface area contributed by atoms with Gasteiger partial charge in [-0.25, -0.2) is 4.79 Å². The van der Waals surface area contributed by atoms with Gasteiger partial charge >= 0.3 is 5.63 Å². The molecule has 2 aromatic rings. The van der Waals surface area contributed by atoms with Crippen LogP contribution in [-0.4, -0.2) is 11.0 Å². The van der Waals surface area contributed by atoms with E-state index < -0.39 is 11.5 Å². The number of halogens is 2. The SMILES string of the molecule is O=C(Nc1cc(Cl)cc(Cl)c1O)c1ccc(=O)oc1. The molecule has 19 heavy (non-hydrogen) atoms. The van der Waals surface area contributed by atoms with Gasteiger partial charge in [0.05, 0.1) is 16.3 Å². The van der Waals surface area contributed by atoms with E-state index in [1.54, 1.807) is 0 Å². The van der Waals surface area contributed by atoms with E-state index in [-0.39, 0.29) is 27.0 Å². The highest BCUT2D eigenvalue weighted by Gasteiger charge is 2.13.